The quantitative estimate of drug-likeness (QED) is 0.313. The van der Waals surface area contributed by atoms with E-state index in [1.807, 2.05) is 0 Å². The van der Waals surface area contributed by atoms with Crippen molar-refractivity contribution in [1.29, 1.82) is 0 Å². The minimum absolute atomic E-state index is 0.120. The van der Waals surface area contributed by atoms with Crippen LogP contribution < -0.4 is 5.56 Å². The largest absolute Gasteiger partial charge is 0.458 e. The van der Waals surface area contributed by atoms with Crippen LogP contribution in [-0.4, -0.2) is 40.4 Å². The molecule has 184 valence electrons. The van der Waals surface area contributed by atoms with E-state index in [1.165, 1.54) is 5.56 Å². The number of ether oxygens (including phenoxy) is 1. The molecule has 1 aromatic carbocycles. The lowest BCUT2D eigenvalue weighted by molar-refractivity contribution is -0.172. The van der Waals surface area contributed by atoms with Crippen LogP contribution in [0.1, 0.15) is 54.5 Å². The summed E-state index contributed by atoms with van der Waals surface area (Å²) in [5.74, 6) is -0.715. The van der Waals surface area contributed by atoms with Gasteiger partial charge in [0.25, 0.3) is 5.56 Å². The molecular formula is C27H32N2O5Si. The summed E-state index contributed by atoms with van der Waals surface area (Å²) >= 11 is 0. The van der Waals surface area contributed by atoms with Crippen molar-refractivity contribution < 1.29 is 19.7 Å². The number of nitrogens with zero attached hydrogens (tertiary/aromatic N) is 2. The van der Waals surface area contributed by atoms with Crippen LogP contribution in [0.25, 0.3) is 22.3 Å². The first-order chi connectivity index (χ1) is 16.6. The van der Waals surface area contributed by atoms with Crippen LogP contribution in [0.3, 0.4) is 0 Å². The molecule has 5 rings (SSSR count). The fourth-order valence-corrected chi connectivity index (χ4v) is 8.13. The normalized spacial score (nSPS) is 19.8. The van der Waals surface area contributed by atoms with Gasteiger partial charge < -0.3 is 19.5 Å². The number of aromatic nitrogens is 2. The first kappa shape index (κ1) is 23.9. The number of para-hydroxylation sites is 1. The van der Waals surface area contributed by atoms with Crippen LogP contribution in [0.2, 0.25) is 19.1 Å². The van der Waals surface area contributed by atoms with Crippen molar-refractivity contribution >= 4 is 24.9 Å². The highest BCUT2D eigenvalue weighted by Crippen LogP contribution is 2.40. The van der Waals surface area contributed by atoms with E-state index in [9.17, 15) is 19.8 Å². The van der Waals surface area contributed by atoms with Crippen LogP contribution in [0, 0.1) is 0 Å². The maximum absolute atomic E-state index is 13.4. The van der Waals surface area contributed by atoms with Crippen molar-refractivity contribution in [2.45, 2.75) is 70.1 Å². The zero-order valence-electron chi connectivity index (χ0n) is 20.7. The molecule has 2 atom stereocenters. The molecule has 0 aliphatic carbocycles. The first-order valence-corrected chi connectivity index (χ1v) is 15.6. The third-order valence-corrected chi connectivity index (χ3v) is 12.5. The first-order valence-electron chi connectivity index (χ1n) is 12.3. The Morgan fingerprint density at radius 1 is 1.26 bits per heavy atom. The van der Waals surface area contributed by atoms with Crippen molar-refractivity contribution in [2.75, 3.05) is 6.61 Å². The molecule has 0 bridgehead atoms. The molecule has 0 saturated heterocycles. The van der Waals surface area contributed by atoms with Crippen molar-refractivity contribution in [3.05, 3.63) is 62.9 Å². The summed E-state index contributed by atoms with van der Waals surface area (Å²) in [5, 5.41) is 21.5. The van der Waals surface area contributed by atoms with Crippen molar-refractivity contribution in [1.82, 2.24) is 9.55 Å². The predicted molar refractivity (Wildman–Crippen MR) is 137 cm³/mol. The van der Waals surface area contributed by atoms with E-state index in [2.05, 4.69) is 44.3 Å². The summed E-state index contributed by atoms with van der Waals surface area (Å²) in [4.78, 5) is 30.9. The van der Waals surface area contributed by atoms with Crippen molar-refractivity contribution in [3.8, 4) is 11.4 Å². The van der Waals surface area contributed by atoms with E-state index >= 15 is 0 Å². The molecule has 0 saturated carbocycles. The van der Waals surface area contributed by atoms with E-state index in [0.717, 1.165) is 34.6 Å². The SMILES string of the molecule is CC[C@@]1(O)C(=O)OCc2c1cc1n(c2=O)Cc2cc3cccc(C(C)[Si](C)(C)CCCO)c3nc2-1. The molecule has 8 heteroatoms. The number of hydrogen-bond acceptors (Lipinski definition) is 6. The summed E-state index contributed by atoms with van der Waals surface area (Å²) in [6.45, 7) is 9.14. The average Bonchev–Trinajstić information content (AvgIpc) is 3.21. The Morgan fingerprint density at radius 3 is 2.74 bits per heavy atom. The van der Waals surface area contributed by atoms with E-state index in [-0.39, 0.29) is 25.2 Å². The van der Waals surface area contributed by atoms with Crippen LogP contribution in [-0.2, 0) is 28.3 Å². The molecule has 0 radical (unpaired) electrons. The lowest BCUT2D eigenvalue weighted by Gasteiger charge is -2.31. The Balaban J connectivity index is 1.69. The number of aliphatic hydroxyl groups excluding tert-OH is 1. The Kier molecular flexibility index (Phi) is 5.73. The monoisotopic (exact) mass is 492 g/mol. The molecule has 2 N–H and O–H groups in total. The highest BCUT2D eigenvalue weighted by Gasteiger charge is 2.45. The van der Waals surface area contributed by atoms with E-state index in [1.54, 1.807) is 17.6 Å². The number of cyclic esters (lactones) is 1. The Bertz CT molecular complexity index is 1410. The lowest BCUT2D eigenvalue weighted by Crippen LogP contribution is -2.44. The summed E-state index contributed by atoms with van der Waals surface area (Å²) in [5.41, 5.74) is 3.34. The standard InChI is InChI=1S/C27H32N2O5Si/c1-5-27(33)21-13-22-24-18(14-29(22)25(31)20(21)15-34-26(27)32)12-17-8-6-9-19(23(17)28-24)16(2)35(3,4)11-7-10-30/h6,8-9,12-13,16,30,33H,5,7,10-11,14-15H2,1-4H3/t16?,27-/m0/s1. The predicted octanol–water partition coefficient (Wildman–Crippen LogP) is 3.81. The maximum Gasteiger partial charge on any atom is 0.343 e. The van der Waals surface area contributed by atoms with Gasteiger partial charge in [-0.1, -0.05) is 51.2 Å². The molecule has 35 heavy (non-hydrogen) atoms. The van der Waals surface area contributed by atoms with Gasteiger partial charge in [0.15, 0.2) is 5.60 Å². The summed E-state index contributed by atoms with van der Waals surface area (Å²) < 4.78 is 6.84. The molecule has 1 unspecified atom stereocenters. The van der Waals surface area contributed by atoms with Gasteiger partial charge in [0, 0.05) is 23.1 Å². The van der Waals surface area contributed by atoms with E-state index in [0.29, 0.717) is 28.9 Å². The fraction of sp³-hybridized carbons (Fsp3) is 0.444. The molecule has 0 spiro atoms. The molecule has 7 nitrogen and oxygen atoms in total. The van der Waals surface area contributed by atoms with Gasteiger partial charge in [-0.25, -0.2) is 9.78 Å². The molecule has 0 fully saturated rings. The average molecular weight is 493 g/mol. The molecule has 2 aliphatic rings. The van der Waals surface area contributed by atoms with Gasteiger partial charge in [0.2, 0.25) is 0 Å². The molecule has 3 aromatic rings. The highest BCUT2D eigenvalue weighted by molar-refractivity contribution is 6.78. The minimum atomic E-state index is -1.83. The number of carbonyl (C=O) groups excluding carboxylic acids is 1. The second-order valence-electron chi connectivity index (χ2n) is 10.6. The van der Waals surface area contributed by atoms with Gasteiger partial charge in [-0.2, -0.15) is 0 Å². The van der Waals surface area contributed by atoms with Crippen LogP contribution in [0.15, 0.2) is 35.1 Å². The van der Waals surface area contributed by atoms with Crippen molar-refractivity contribution in [2.24, 2.45) is 0 Å². The minimum Gasteiger partial charge on any atom is -0.458 e. The van der Waals surface area contributed by atoms with Gasteiger partial charge in [0.05, 0.1) is 37.1 Å². The molecule has 2 aromatic heterocycles. The molecular weight excluding hydrogens is 460 g/mol. The van der Waals surface area contributed by atoms with Gasteiger partial charge in [-0.3, -0.25) is 4.79 Å². The number of pyridine rings is 2. The summed E-state index contributed by atoms with van der Waals surface area (Å²) in [6.07, 6.45) is 0.927. The van der Waals surface area contributed by atoms with E-state index in [4.69, 9.17) is 9.72 Å². The number of aliphatic hydroxyl groups is 2. The number of hydrogen-bond donors (Lipinski definition) is 2. The van der Waals surface area contributed by atoms with E-state index < -0.39 is 19.6 Å². The molecule has 4 heterocycles. The second-order valence-corrected chi connectivity index (χ2v) is 15.9. The number of esters is 1. The summed E-state index contributed by atoms with van der Waals surface area (Å²) in [6, 6.07) is 11.2. The number of benzene rings is 1. The third kappa shape index (κ3) is 3.58. The zero-order valence-corrected chi connectivity index (χ0v) is 21.7. The van der Waals surface area contributed by atoms with Gasteiger partial charge >= 0.3 is 5.97 Å². The maximum atomic E-state index is 13.4. The zero-order chi connectivity index (χ0) is 25.1. The molecule has 0 amide bonds. The summed E-state index contributed by atoms with van der Waals surface area (Å²) in [7, 11) is -1.68. The van der Waals surface area contributed by atoms with Gasteiger partial charge in [-0.05, 0) is 36.1 Å². The highest BCUT2D eigenvalue weighted by atomic mass is 28.3. The Hall–Kier alpha value is -2.81. The smallest absolute Gasteiger partial charge is 0.343 e. The van der Waals surface area contributed by atoms with Crippen LogP contribution in [0.5, 0.6) is 0 Å². The second kappa shape index (κ2) is 8.39. The fourth-order valence-electron chi connectivity index (χ4n) is 5.55. The molecule has 2 aliphatic heterocycles. The van der Waals surface area contributed by atoms with Crippen molar-refractivity contribution in [3.63, 3.8) is 0 Å². The number of fused-ring (bicyclic) bond motifs is 5. The lowest BCUT2D eigenvalue weighted by atomic mass is 9.86. The van der Waals surface area contributed by atoms with Gasteiger partial charge in [0.1, 0.15) is 6.61 Å². The Labute approximate surface area is 205 Å². The van der Waals surface area contributed by atoms with Gasteiger partial charge in [-0.15, -0.1) is 0 Å². The van der Waals surface area contributed by atoms with Crippen LogP contribution >= 0.6 is 0 Å². The third-order valence-electron chi connectivity index (χ3n) is 8.19. The topological polar surface area (TPSA) is 102 Å². The number of carbonyl (C=O) groups is 1. The van der Waals surface area contributed by atoms with Crippen LogP contribution in [0.4, 0.5) is 0 Å². The number of rotatable bonds is 6. The Morgan fingerprint density at radius 2 is 2.03 bits per heavy atom.